The number of thiophene rings is 1. The lowest BCUT2D eigenvalue weighted by Gasteiger charge is -1.98. The average molecular weight is 331 g/mol. The lowest BCUT2D eigenvalue weighted by molar-refractivity contribution is 0.104. The first-order valence-corrected chi connectivity index (χ1v) is 7.28. The number of hydrogen-bond acceptors (Lipinski definition) is 2. The van der Waals surface area contributed by atoms with Gasteiger partial charge in [-0.3, -0.25) is 4.79 Å². The Morgan fingerprint density at radius 1 is 1.16 bits per heavy atom. The number of rotatable bonds is 2. The van der Waals surface area contributed by atoms with Gasteiger partial charge in [0, 0.05) is 17.1 Å². The van der Waals surface area contributed by atoms with E-state index in [0.29, 0.717) is 24.8 Å². The predicted octanol–water partition coefficient (Wildman–Crippen LogP) is 5.42. The Balaban J connectivity index is 2.17. The zero-order chi connectivity index (χ0) is 13.6. The molecule has 0 bridgehead atoms. The van der Waals surface area contributed by atoms with Crippen LogP contribution in [0.2, 0.25) is 13.7 Å². The molecule has 96 valence electrons. The molecule has 0 radical (unpaired) electrons. The van der Waals surface area contributed by atoms with E-state index in [2.05, 4.69) is 4.98 Å². The molecule has 0 amide bonds. The standard InChI is InChI=1S/C13H6Cl3NOS/c14-9-3-1-2-6-8(5-17-11(6)9)12(18)7-4-10(15)19-13(7)16/h1-5,17H. The molecule has 0 unspecified atom stereocenters. The van der Waals surface area contributed by atoms with Crippen LogP contribution in [0.4, 0.5) is 0 Å². The summed E-state index contributed by atoms with van der Waals surface area (Å²) in [5.41, 5.74) is 1.69. The number of aromatic amines is 1. The van der Waals surface area contributed by atoms with Gasteiger partial charge in [0.05, 0.1) is 20.4 Å². The molecule has 0 aliphatic carbocycles. The van der Waals surface area contributed by atoms with E-state index >= 15 is 0 Å². The first-order chi connectivity index (χ1) is 9.08. The number of fused-ring (bicyclic) bond motifs is 1. The van der Waals surface area contributed by atoms with Gasteiger partial charge in [-0.05, 0) is 12.1 Å². The minimum absolute atomic E-state index is 0.165. The molecule has 3 rings (SSSR count). The van der Waals surface area contributed by atoms with Gasteiger partial charge in [-0.25, -0.2) is 0 Å². The van der Waals surface area contributed by atoms with Crippen LogP contribution < -0.4 is 0 Å². The summed E-state index contributed by atoms with van der Waals surface area (Å²) in [5.74, 6) is -0.165. The SMILES string of the molecule is O=C(c1cc(Cl)sc1Cl)c1c[nH]c2c(Cl)cccc12. The van der Waals surface area contributed by atoms with Crippen LogP contribution in [0, 0.1) is 0 Å². The summed E-state index contributed by atoms with van der Waals surface area (Å²) in [6, 6.07) is 6.99. The Morgan fingerprint density at radius 3 is 2.63 bits per heavy atom. The Morgan fingerprint density at radius 2 is 1.95 bits per heavy atom. The van der Waals surface area contributed by atoms with Crippen molar-refractivity contribution < 1.29 is 4.79 Å². The molecule has 0 fully saturated rings. The molecule has 1 aromatic carbocycles. The van der Waals surface area contributed by atoms with Gasteiger partial charge in [-0.2, -0.15) is 0 Å². The number of para-hydroxylation sites is 1. The van der Waals surface area contributed by atoms with Gasteiger partial charge < -0.3 is 4.98 Å². The van der Waals surface area contributed by atoms with Crippen molar-refractivity contribution in [2.75, 3.05) is 0 Å². The van der Waals surface area contributed by atoms with E-state index < -0.39 is 0 Å². The van der Waals surface area contributed by atoms with E-state index in [-0.39, 0.29) is 5.78 Å². The highest BCUT2D eigenvalue weighted by Crippen LogP contribution is 2.34. The molecule has 0 atom stereocenters. The molecule has 1 N–H and O–H groups in total. The van der Waals surface area contributed by atoms with Crippen molar-refractivity contribution in [3.05, 3.63) is 55.3 Å². The molecule has 6 heteroatoms. The third-order valence-electron chi connectivity index (χ3n) is 2.81. The Bertz CT molecular complexity index is 790. The predicted molar refractivity (Wildman–Crippen MR) is 81.1 cm³/mol. The second kappa shape index (κ2) is 4.84. The monoisotopic (exact) mass is 329 g/mol. The second-order valence-corrected chi connectivity index (χ2v) is 6.62. The van der Waals surface area contributed by atoms with Gasteiger partial charge >= 0.3 is 0 Å². The Labute approximate surface area is 127 Å². The first-order valence-electron chi connectivity index (χ1n) is 5.33. The van der Waals surface area contributed by atoms with Crippen LogP contribution in [0.25, 0.3) is 10.9 Å². The van der Waals surface area contributed by atoms with Crippen molar-refractivity contribution in [1.29, 1.82) is 0 Å². The van der Waals surface area contributed by atoms with Gasteiger partial charge in [0.25, 0.3) is 0 Å². The Kier molecular flexibility index (Phi) is 3.31. The highest BCUT2D eigenvalue weighted by atomic mass is 35.5. The molecule has 0 aliphatic heterocycles. The quantitative estimate of drug-likeness (QED) is 0.625. The largest absolute Gasteiger partial charge is 0.359 e. The summed E-state index contributed by atoms with van der Waals surface area (Å²) >= 11 is 19.1. The van der Waals surface area contributed by atoms with Crippen molar-refractivity contribution in [2.24, 2.45) is 0 Å². The molecular formula is C13H6Cl3NOS. The molecule has 0 saturated heterocycles. The van der Waals surface area contributed by atoms with Gasteiger partial charge in [0.15, 0.2) is 5.78 Å². The summed E-state index contributed by atoms with van der Waals surface area (Å²) < 4.78 is 0.887. The summed E-state index contributed by atoms with van der Waals surface area (Å²) in [6.07, 6.45) is 1.64. The third-order valence-corrected chi connectivity index (χ3v) is 4.61. The minimum atomic E-state index is -0.165. The summed E-state index contributed by atoms with van der Waals surface area (Å²) in [4.78, 5) is 15.5. The molecule has 0 spiro atoms. The van der Waals surface area contributed by atoms with Gasteiger partial charge in [0.2, 0.25) is 0 Å². The van der Waals surface area contributed by atoms with Crippen molar-refractivity contribution in [2.45, 2.75) is 0 Å². The normalized spacial score (nSPS) is 11.1. The van der Waals surface area contributed by atoms with Crippen LogP contribution in [0.1, 0.15) is 15.9 Å². The summed E-state index contributed by atoms with van der Waals surface area (Å²) in [5, 5.41) is 1.35. The van der Waals surface area contributed by atoms with Gasteiger partial charge in [-0.1, -0.05) is 46.9 Å². The molecular weight excluding hydrogens is 325 g/mol. The smallest absolute Gasteiger partial charge is 0.197 e. The number of benzene rings is 1. The lowest BCUT2D eigenvalue weighted by atomic mass is 10.1. The fraction of sp³-hybridized carbons (Fsp3) is 0. The maximum Gasteiger partial charge on any atom is 0.197 e. The van der Waals surface area contributed by atoms with E-state index in [1.165, 1.54) is 11.3 Å². The average Bonchev–Trinajstić information content (AvgIpc) is 2.93. The van der Waals surface area contributed by atoms with E-state index in [1.807, 2.05) is 6.07 Å². The molecule has 19 heavy (non-hydrogen) atoms. The van der Waals surface area contributed by atoms with Crippen LogP contribution in [0.15, 0.2) is 30.5 Å². The van der Waals surface area contributed by atoms with E-state index in [9.17, 15) is 4.79 Å². The molecule has 2 nitrogen and oxygen atoms in total. The third kappa shape index (κ3) is 2.17. The zero-order valence-electron chi connectivity index (χ0n) is 9.34. The number of ketones is 1. The number of carbonyl (C=O) groups is 1. The Hall–Kier alpha value is -1.00. The van der Waals surface area contributed by atoms with Crippen LogP contribution in [0.3, 0.4) is 0 Å². The second-order valence-electron chi connectivity index (χ2n) is 3.93. The van der Waals surface area contributed by atoms with Crippen LogP contribution >= 0.6 is 46.1 Å². The topological polar surface area (TPSA) is 32.9 Å². The maximum atomic E-state index is 12.5. The molecule has 2 heterocycles. The van der Waals surface area contributed by atoms with Crippen molar-refractivity contribution in [1.82, 2.24) is 4.98 Å². The van der Waals surface area contributed by atoms with E-state index in [1.54, 1.807) is 24.4 Å². The summed E-state index contributed by atoms with van der Waals surface area (Å²) in [7, 11) is 0. The van der Waals surface area contributed by atoms with Crippen LogP contribution in [-0.4, -0.2) is 10.8 Å². The van der Waals surface area contributed by atoms with Gasteiger partial charge in [-0.15, -0.1) is 11.3 Å². The number of aromatic nitrogens is 1. The van der Waals surface area contributed by atoms with Crippen molar-refractivity contribution in [3.8, 4) is 0 Å². The van der Waals surface area contributed by atoms with Crippen LogP contribution in [-0.2, 0) is 0 Å². The molecule has 3 aromatic rings. The fourth-order valence-electron chi connectivity index (χ4n) is 1.95. The van der Waals surface area contributed by atoms with E-state index in [0.717, 1.165) is 10.9 Å². The number of halogens is 3. The lowest BCUT2D eigenvalue weighted by Crippen LogP contribution is -1.98. The highest BCUT2D eigenvalue weighted by Gasteiger charge is 2.19. The number of carbonyl (C=O) groups excluding carboxylic acids is 1. The maximum absolute atomic E-state index is 12.5. The van der Waals surface area contributed by atoms with Crippen LogP contribution in [0.5, 0.6) is 0 Å². The molecule has 0 aliphatic rings. The fourth-order valence-corrected chi connectivity index (χ4v) is 3.63. The first kappa shape index (κ1) is 13.0. The number of hydrogen-bond donors (Lipinski definition) is 1. The highest BCUT2D eigenvalue weighted by molar-refractivity contribution is 7.20. The minimum Gasteiger partial charge on any atom is -0.359 e. The van der Waals surface area contributed by atoms with Gasteiger partial charge in [0.1, 0.15) is 4.34 Å². The number of H-pyrrole nitrogens is 1. The summed E-state index contributed by atoms with van der Waals surface area (Å²) in [6.45, 7) is 0. The van der Waals surface area contributed by atoms with E-state index in [4.69, 9.17) is 34.8 Å². The van der Waals surface area contributed by atoms with Crippen molar-refractivity contribution >= 4 is 62.8 Å². The molecule has 2 aromatic heterocycles. The van der Waals surface area contributed by atoms with Crippen molar-refractivity contribution in [3.63, 3.8) is 0 Å². The zero-order valence-corrected chi connectivity index (χ0v) is 12.4. The number of nitrogens with one attached hydrogen (secondary N) is 1. The molecule has 0 saturated carbocycles.